The van der Waals surface area contributed by atoms with Gasteiger partial charge in [0.15, 0.2) is 11.5 Å². The second kappa shape index (κ2) is 10.7. The fourth-order valence-electron chi connectivity index (χ4n) is 3.27. The minimum Gasteiger partial charge on any atom is -0.493 e. The van der Waals surface area contributed by atoms with Crippen molar-refractivity contribution in [3.63, 3.8) is 0 Å². The van der Waals surface area contributed by atoms with Gasteiger partial charge in [-0.05, 0) is 87.0 Å². The van der Waals surface area contributed by atoms with Crippen LogP contribution in [0, 0.1) is 3.57 Å². The van der Waals surface area contributed by atoms with E-state index in [0.29, 0.717) is 28.7 Å². The lowest BCUT2D eigenvalue weighted by atomic mass is 10.1. The largest absolute Gasteiger partial charge is 0.493 e. The van der Waals surface area contributed by atoms with Crippen molar-refractivity contribution in [1.82, 2.24) is 5.43 Å². The van der Waals surface area contributed by atoms with Gasteiger partial charge in [-0.3, -0.25) is 4.79 Å². The van der Waals surface area contributed by atoms with Crippen LogP contribution in [-0.2, 0) is 6.61 Å². The molecule has 4 aromatic rings. The van der Waals surface area contributed by atoms with Crippen molar-refractivity contribution in [2.75, 3.05) is 7.11 Å². The number of halogens is 2. The zero-order valence-corrected chi connectivity index (χ0v) is 20.6. The summed E-state index contributed by atoms with van der Waals surface area (Å²) in [6.45, 7) is 0.418. The molecule has 0 saturated carbocycles. The Balaban J connectivity index is 1.45. The predicted molar refractivity (Wildman–Crippen MR) is 141 cm³/mol. The number of amides is 1. The van der Waals surface area contributed by atoms with Gasteiger partial charge in [-0.25, -0.2) is 5.43 Å². The molecule has 0 aliphatic heterocycles. The lowest BCUT2D eigenvalue weighted by molar-refractivity contribution is 0.0955. The van der Waals surface area contributed by atoms with E-state index in [1.807, 2.05) is 24.3 Å². The summed E-state index contributed by atoms with van der Waals surface area (Å²) in [7, 11) is 1.59. The Kier molecular flexibility index (Phi) is 7.47. The Hall–Kier alpha value is -3.10. The van der Waals surface area contributed by atoms with Gasteiger partial charge in [0.05, 0.1) is 16.9 Å². The number of carbonyl (C=O) groups is 1. The summed E-state index contributed by atoms with van der Waals surface area (Å²) in [6, 6.07) is 24.8. The molecule has 0 atom stereocenters. The third-order valence-electron chi connectivity index (χ3n) is 4.93. The maximum absolute atomic E-state index is 12.2. The molecule has 33 heavy (non-hydrogen) atoms. The number of rotatable bonds is 7. The second-order valence-electron chi connectivity index (χ2n) is 7.21. The molecule has 0 bridgehead atoms. The number of methoxy groups -OCH3 is 1. The zero-order chi connectivity index (χ0) is 23.2. The molecule has 0 aromatic heterocycles. The van der Waals surface area contributed by atoms with E-state index in [-0.39, 0.29) is 5.91 Å². The molecule has 0 unspecified atom stereocenters. The zero-order valence-electron chi connectivity index (χ0n) is 17.7. The SMILES string of the molecule is COc1cc(/C=N\NC(=O)c2ccc(Cl)cc2)cc(I)c1OCc1ccc2ccccc2c1. The molecule has 0 radical (unpaired) electrons. The van der Waals surface area contributed by atoms with E-state index in [0.717, 1.165) is 14.7 Å². The summed E-state index contributed by atoms with van der Waals surface area (Å²) in [5.41, 5.74) is 4.83. The Labute approximate surface area is 210 Å². The molecular weight excluding hydrogens is 551 g/mol. The van der Waals surface area contributed by atoms with Gasteiger partial charge >= 0.3 is 0 Å². The van der Waals surface area contributed by atoms with Crippen LogP contribution in [0.15, 0.2) is 84.0 Å². The lowest BCUT2D eigenvalue weighted by Crippen LogP contribution is -2.17. The molecule has 7 heteroatoms. The quantitative estimate of drug-likeness (QED) is 0.158. The maximum Gasteiger partial charge on any atom is 0.271 e. The van der Waals surface area contributed by atoms with Gasteiger partial charge in [-0.1, -0.05) is 48.0 Å². The Morgan fingerprint density at radius 3 is 2.55 bits per heavy atom. The van der Waals surface area contributed by atoms with Crippen LogP contribution in [0.4, 0.5) is 0 Å². The van der Waals surface area contributed by atoms with E-state index in [1.54, 1.807) is 37.6 Å². The van der Waals surface area contributed by atoms with Gasteiger partial charge in [0.25, 0.3) is 5.91 Å². The van der Waals surface area contributed by atoms with Crippen molar-refractivity contribution in [3.8, 4) is 11.5 Å². The highest BCUT2D eigenvalue weighted by Gasteiger charge is 2.12. The Bertz CT molecular complexity index is 1320. The van der Waals surface area contributed by atoms with Crippen molar-refractivity contribution in [2.24, 2.45) is 5.10 Å². The summed E-state index contributed by atoms with van der Waals surface area (Å²) >= 11 is 8.06. The van der Waals surface area contributed by atoms with Gasteiger partial charge in [-0.15, -0.1) is 0 Å². The number of nitrogens with zero attached hydrogens (tertiary/aromatic N) is 1. The number of benzene rings is 4. The fourth-order valence-corrected chi connectivity index (χ4v) is 4.18. The van der Waals surface area contributed by atoms with E-state index < -0.39 is 0 Å². The molecule has 0 aliphatic carbocycles. The lowest BCUT2D eigenvalue weighted by Gasteiger charge is -2.14. The number of nitrogens with one attached hydrogen (secondary N) is 1. The van der Waals surface area contributed by atoms with Gasteiger partial charge < -0.3 is 9.47 Å². The number of fused-ring (bicyclic) bond motifs is 1. The normalized spacial score (nSPS) is 11.0. The Morgan fingerprint density at radius 2 is 1.79 bits per heavy atom. The molecule has 0 saturated heterocycles. The van der Waals surface area contributed by atoms with Crippen molar-refractivity contribution in [2.45, 2.75) is 6.61 Å². The average molecular weight is 571 g/mol. The number of ether oxygens (including phenoxy) is 2. The number of hydrazone groups is 1. The summed E-state index contributed by atoms with van der Waals surface area (Å²) in [4.78, 5) is 12.2. The van der Waals surface area contributed by atoms with E-state index >= 15 is 0 Å². The third-order valence-corrected chi connectivity index (χ3v) is 5.99. The first-order valence-electron chi connectivity index (χ1n) is 10.1. The first-order chi connectivity index (χ1) is 16.0. The van der Waals surface area contributed by atoms with Crippen molar-refractivity contribution < 1.29 is 14.3 Å². The monoisotopic (exact) mass is 570 g/mol. The van der Waals surface area contributed by atoms with Crippen LogP contribution in [-0.4, -0.2) is 19.2 Å². The minimum atomic E-state index is -0.320. The fraction of sp³-hybridized carbons (Fsp3) is 0.0769. The van der Waals surface area contributed by atoms with Crippen LogP contribution >= 0.6 is 34.2 Å². The minimum absolute atomic E-state index is 0.320. The molecule has 1 amide bonds. The van der Waals surface area contributed by atoms with Crippen LogP contribution in [0.3, 0.4) is 0 Å². The Morgan fingerprint density at radius 1 is 1.03 bits per heavy atom. The topological polar surface area (TPSA) is 59.9 Å². The second-order valence-corrected chi connectivity index (χ2v) is 8.81. The first kappa shape index (κ1) is 23.1. The molecule has 1 N–H and O–H groups in total. The van der Waals surface area contributed by atoms with Gasteiger partial charge in [0, 0.05) is 10.6 Å². The van der Waals surface area contributed by atoms with E-state index in [1.165, 1.54) is 10.8 Å². The van der Waals surface area contributed by atoms with Crippen molar-refractivity contribution in [1.29, 1.82) is 0 Å². The summed E-state index contributed by atoms with van der Waals surface area (Å²) in [5.74, 6) is 0.932. The van der Waals surface area contributed by atoms with E-state index in [2.05, 4.69) is 63.4 Å². The maximum atomic E-state index is 12.2. The highest BCUT2D eigenvalue weighted by atomic mass is 127. The molecule has 0 spiro atoms. The van der Waals surface area contributed by atoms with Gasteiger partial charge in [0.2, 0.25) is 0 Å². The molecule has 5 nitrogen and oxygen atoms in total. The average Bonchev–Trinajstić information content (AvgIpc) is 2.83. The third kappa shape index (κ3) is 5.83. The van der Waals surface area contributed by atoms with E-state index in [9.17, 15) is 4.79 Å². The number of carbonyl (C=O) groups excluding carboxylic acids is 1. The number of hydrogen-bond acceptors (Lipinski definition) is 4. The highest BCUT2D eigenvalue weighted by molar-refractivity contribution is 14.1. The van der Waals surface area contributed by atoms with Crippen molar-refractivity contribution in [3.05, 3.63) is 104 Å². The summed E-state index contributed by atoms with van der Waals surface area (Å²) in [6.07, 6.45) is 1.56. The summed E-state index contributed by atoms with van der Waals surface area (Å²) < 4.78 is 12.5. The first-order valence-corrected chi connectivity index (χ1v) is 11.6. The van der Waals surface area contributed by atoms with Crippen LogP contribution in [0.5, 0.6) is 11.5 Å². The van der Waals surface area contributed by atoms with Crippen LogP contribution in [0.1, 0.15) is 21.5 Å². The molecule has 4 aromatic carbocycles. The van der Waals surface area contributed by atoms with Crippen LogP contribution < -0.4 is 14.9 Å². The molecule has 166 valence electrons. The molecular formula is C26H20ClIN2O3. The smallest absolute Gasteiger partial charge is 0.271 e. The molecule has 0 aliphatic rings. The molecule has 0 fully saturated rings. The number of hydrogen-bond donors (Lipinski definition) is 1. The highest BCUT2D eigenvalue weighted by Crippen LogP contribution is 2.34. The van der Waals surface area contributed by atoms with Crippen LogP contribution in [0.2, 0.25) is 5.02 Å². The van der Waals surface area contributed by atoms with E-state index in [4.69, 9.17) is 21.1 Å². The standard InChI is InChI=1S/C26H20ClIN2O3/c1-32-24-14-18(15-29-30-26(31)20-8-10-22(27)11-9-20)13-23(28)25(24)33-16-17-6-7-19-4-2-3-5-21(19)12-17/h2-15H,16H2,1H3,(H,30,31)/b29-15-. The van der Waals surface area contributed by atoms with Crippen molar-refractivity contribution >= 4 is 57.1 Å². The summed E-state index contributed by atoms with van der Waals surface area (Å²) in [5, 5.41) is 6.99. The van der Waals surface area contributed by atoms with Gasteiger partial charge in [-0.2, -0.15) is 5.10 Å². The van der Waals surface area contributed by atoms with Crippen LogP contribution in [0.25, 0.3) is 10.8 Å². The van der Waals surface area contributed by atoms with Gasteiger partial charge in [0.1, 0.15) is 6.61 Å². The molecule has 4 rings (SSSR count). The predicted octanol–water partition coefficient (Wildman–Crippen LogP) is 6.45. The molecule has 0 heterocycles.